The van der Waals surface area contributed by atoms with Gasteiger partial charge in [-0.2, -0.15) is 0 Å². The molecule has 0 saturated heterocycles. The molecule has 0 radical (unpaired) electrons. The average Bonchev–Trinajstić information content (AvgIpc) is 2.55. The molecule has 0 aromatic heterocycles. The first-order chi connectivity index (χ1) is 12.1. The summed E-state index contributed by atoms with van der Waals surface area (Å²) in [5.41, 5.74) is 4.83. The SMILES string of the molecule is Cc1ccc(N(CC(=O)NC(C)c2ccc(C)c(C)c2)S(C)(=O)=O)cc1. The van der Waals surface area contributed by atoms with E-state index in [1.165, 1.54) is 5.56 Å². The molecule has 2 rings (SSSR count). The van der Waals surface area contributed by atoms with Crippen molar-refractivity contribution in [1.82, 2.24) is 5.32 Å². The Balaban J connectivity index is 2.14. The van der Waals surface area contributed by atoms with Gasteiger partial charge >= 0.3 is 0 Å². The second-order valence-corrected chi connectivity index (χ2v) is 8.64. The van der Waals surface area contributed by atoms with Crippen LogP contribution in [0, 0.1) is 20.8 Å². The van der Waals surface area contributed by atoms with Crippen molar-refractivity contribution in [1.29, 1.82) is 0 Å². The standard InChI is InChI=1S/C20H26N2O3S/c1-14-6-10-19(11-7-14)22(26(5,24)25)13-20(23)21-17(4)18-9-8-15(2)16(3)12-18/h6-12,17H,13H2,1-5H3,(H,21,23). The zero-order valence-corrected chi connectivity index (χ0v) is 16.7. The highest BCUT2D eigenvalue weighted by Crippen LogP contribution is 2.19. The molecule has 0 spiro atoms. The van der Waals surface area contributed by atoms with E-state index in [2.05, 4.69) is 5.32 Å². The predicted molar refractivity (Wildman–Crippen MR) is 106 cm³/mol. The van der Waals surface area contributed by atoms with Crippen molar-refractivity contribution in [3.63, 3.8) is 0 Å². The van der Waals surface area contributed by atoms with Crippen molar-refractivity contribution in [2.24, 2.45) is 0 Å². The smallest absolute Gasteiger partial charge is 0.241 e. The maximum atomic E-state index is 12.5. The number of benzene rings is 2. The summed E-state index contributed by atoms with van der Waals surface area (Å²) < 4.78 is 25.4. The number of nitrogens with zero attached hydrogens (tertiary/aromatic N) is 1. The van der Waals surface area contributed by atoms with E-state index in [-0.39, 0.29) is 18.5 Å². The van der Waals surface area contributed by atoms with E-state index in [9.17, 15) is 13.2 Å². The number of hydrogen-bond donors (Lipinski definition) is 1. The number of anilines is 1. The average molecular weight is 375 g/mol. The van der Waals surface area contributed by atoms with Gasteiger partial charge in [-0.15, -0.1) is 0 Å². The Morgan fingerprint density at radius 2 is 1.65 bits per heavy atom. The predicted octanol–water partition coefficient (Wildman–Crippen LogP) is 3.26. The second-order valence-electron chi connectivity index (χ2n) is 6.74. The summed E-state index contributed by atoms with van der Waals surface area (Å²) in [6.45, 7) is 7.62. The van der Waals surface area contributed by atoms with E-state index in [0.29, 0.717) is 5.69 Å². The molecule has 1 atom stereocenters. The summed E-state index contributed by atoms with van der Waals surface area (Å²) in [7, 11) is -3.57. The van der Waals surface area contributed by atoms with Crippen LogP contribution in [-0.2, 0) is 14.8 Å². The molecule has 5 nitrogen and oxygen atoms in total. The van der Waals surface area contributed by atoms with Crippen LogP contribution in [0.15, 0.2) is 42.5 Å². The highest BCUT2D eigenvalue weighted by molar-refractivity contribution is 7.92. The maximum Gasteiger partial charge on any atom is 0.241 e. The fourth-order valence-corrected chi connectivity index (χ4v) is 3.50. The monoisotopic (exact) mass is 374 g/mol. The third-order valence-electron chi connectivity index (χ3n) is 4.42. The summed E-state index contributed by atoms with van der Waals surface area (Å²) in [6, 6.07) is 12.9. The first-order valence-electron chi connectivity index (χ1n) is 8.49. The van der Waals surface area contributed by atoms with Crippen LogP contribution in [0.5, 0.6) is 0 Å². The molecule has 0 fully saturated rings. The van der Waals surface area contributed by atoms with Crippen molar-refractivity contribution in [2.75, 3.05) is 17.1 Å². The molecule has 0 bridgehead atoms. The Hall–Kier alpha value is -2.34. The summed E-state index contributed by atoms with van der Waals surface area (Å²) in [5.74, 6) is -0.346. The minimum atomic E-state index is -3.57. The van der Waals surface area contributed by atoms with Crippen molar-refractivity contribution in [3.8, 4) is 0 Å². The molecule has 1 unspecified atom stereocenters. The highest BCUT2D eigenvalue weighted by atomic mass is 32.2. The van der Waals surface area contributed by atoms with Gasteiger partial charge in [-0.1, -0.05) is 35.9 Å². The summed E-state index contributed by atoms with van der Waals surface area (Å²) in [4.78, 5) is 12.5. The van der Waals surface area contributed by atoms with Crippen molar-refractivity contribution in [3.05, 3.63) is 64.7 Å². The molecule has 2 aromatic carbocycles. The van der Waals surface area contributed by atoms with E-state index in [1.54, 1.807) is 12.1 Å². The van der Waals surface area contributed by atoms with E-state index >= 15 is 0 Å². The number of nitrogens with one attached hydrogen (secondary N) is 1. The minimum Gasteiger partial charge on any atom is -0.348 e. The summed E-state index contributed by atoms with van der Waals surface area (Å²) in [6.07, 6.45) is 1.10. The Morgan fingerprint density at radius 1 is 1.04 bits per heavy atom. The molecule has 6 heteroatoms. The van der Waals surface area contributed by atoms with Crippen molar-refractivity contribution < 1.29 is 13.2 Å². The fourth-order valence-electron chi connectivity index (χ4n) is 2.65. The number of aryl methyl sites for hydroxylation is 3. The van der Waals surface area contributed by atoms with Gasteiger partial charge in [0, 0.05) is 0 Å². The number of carbonyl (C=O) groups excluding carboxylic acids is 1. The maximum absolute atomic E-state index is 12.5. The van der Waals surface area contributed by atoms with E-state index in [1.807, 2.05) is 58.0 Å². The number of amides is 1. The van der Waals surface area contributed by atoms with Crippen molar-refractivity contribution >= 4 is 21.6 Å². The van der Waals surface area contributed by atoms with Gasteiger partial charge in [0.2, 0.25) is 15.9 Å². The zero-order chi connectivity index (χ0) is 19.5. The number of carbonyl (C=O) groups is 1. The van der Waals surface area contributed by atoms with Crippen LogP contribution in [0.4, 0.5) is 5.69 Å². The van der Waals surface area contributed by atoms with Gasteiger partial charge in [-0.25, -0.2) is 8.42 Å². The third-order valence-corrected chi connectivity index (χ3v) is 5.56. The largest absolute Gasteiger partial charge is 0.348 e. The molecule has 140 valence electrons. The second kappa shape index (κ2) is 7.91. The van der Waals surface area contributed by atoms with E-state index in [0.717, 1.165) is 27.3 Å². The van der Waals surface area contributed by atoms with Crippen LogP contribution < -0.4 is 9.62 Å². The molecule has 0 heterocycles. The molecular formula is C20H26N2O3S. The van der Waals surface area contributed by atoms with Gasteiger partial charge in [-0.05, 0) is 56.5 Å². The molecule has 0 aliphatic carbocycles. The number of hydrogen-bond acceptors (Lipinski definition) is 3. The quantitative estimate of drug-likeness (QED) is 0.844. The van der Waals surface area contributed by atoms with Gasteiger partial charge in [0.15, 0.2) is 0 Å². The molecular weight excluding hydrogens is 348 g/mol. The van der Waals surface area contributed by atoms with Crippen LogP contribution in [0.1, 0.15) is 35.2 Å². The topological polar surface area (TPSA) is 66.5 Å². The lowest BCUT2D eigenvalue weighted by molar-refractivity contribution is -0.120. The molecule has 0 aliphatic heterocycles. The Labute approximate surface area is 156 Å². The number of sulfonamides is 1. The first kappa shape index (κ1) is 20.0. The highest BCUT2D eigenvalue weighted by Gasteiger charge is 2.21. The van der Waals surface area contributed by atoms with Gasteiger partial charge in [0.05, 0.1) is 18.0 Å². The van der Waals surface area contributed by atoms with Crippen LogP contribution in [0.2, 0.25) is 0 Å². The van der Waals surface area contributed by atoms with Crippen molar-refractivity contribution in [2.45, 2.75) is 33.7 Å². The molecule has 2 aromatic rings. The molecule has 26 heavy (non-hydrogen) atoms. The van der Waals surface area contributed by atoms with Crippen LogP contribution in [-0.4, -0.2) is 27.1 Å². The molecule has 1 amide bonds. The Bertz CT molecular complexity index is 890. The van der Waals surface area contributed by atoms with Gasteiger partial charge < -0.3 is 5.32 Å². The van der Waals surface area contributed by atoms with Crippen LogP contribution >= 0.6 is 0 Å². The number of rotatable bonds is 6. The van der Waals surface area contributed by atoms with E-state index in [4.69, 9.17) is 0 Å². The lowest BCUT2D eigenvalue weighted by atomic mass is 10.0. The van der Waals surface area contributed by atoms with Gasteiger partial charge in [0.1, 0.15) is 6.54 Å². The van der Waals surface area contributed by atoms with Gasteiger partial charge in [-0.3, -0.25) is 9.10 Å². The first-order valence-corrected chi connectivity index (χ1v) is 10.3. The molecule has 1 N–H and O–H groups in total. The van der Waals surface area contributed by atoms with Crippen LogP contribution in [0.25, 0.3) is 0 Å². The van der Waals surface area contributed by atoms with Gasteiger partial charge in [0.25, 0.3) is 0 Å². The van der Waals surface area contributed by atoms with E-state index < -0.39 is 10.0 Å². The summed E-state index contributed by atoms with van der Waals surface area (Å²) in [5, 5.41) is 2.88. The Kier molecular flexibility index (Phi) is 6.08. The van der Waals surface area contributed by atoms with Crippen LogP contribution in [0.3, 0.4) is 0 Å². The Morgan fingerprint density at radius 3 is 2.19 bits per heavy atom. The lowest BCUT2D eigenvalue weighted by Gasteiger charge is -2.23. The zero-order valence-electron chi connectivity index (χ0n) is 15.9. The molecule has 0 saturated carbocycles. The normalized spacial score (nSPS) is 12.5. The minimum absolute atomic E-state index is 0.207. The lowest BCUT2D eigenvalue weighted by Crippen LogP contribution is -2.41. The molecule has 0 aliphatic rings. The third kappa shape index (κ3) is 5.08. The summed E-state index contributed by atoms with van der Waals surface area (Å²) >= 11 is 0. The fraction of sp³-hybridized carbons (Fsp3) is 0.350.